The Morgan fingerprint density at radius 3 is 2.61 bits per heavy atom. The molecule has 0 saturated heterocycles. The van der Waals surface area contributed by atoms with E-state index in [1.807, 2.05) is 13.8 Å². The van der Waals surface area contributed by atoms with E-state index < -0.39 is 5.41 Å². The van der Waals surface area contributed by atoms with Crippen molar-refractivity contribution in [2.75, 3.05) is 6.61 Å². The third-order valence-corrected chi connectivity index (χ3v) is 3.68. The summed E-state index contributed by atoms with van der Waals surface area (Å²) in [6.07, 6.45) is 3.71. The maximum absolute atomic E-state index is 12.2. The van der Waals surface area contributed by atoms with E-state index >= 15 is 0 Å². The molecule has 0 aromatic carbocycles. The normalized spacial score (nSPS) is 17.3. The number of esters is 1. The lowest BCUT2D eigenvalue weighted by Crippen LogP contribution is -2.46. The molecule has 0 bridgehead atoms. The van der Waals surface area contributed by atoms with Crippen molar-refractivity contribution in [2.24, 2.45) is 0 Å². The summed E-state index contributed by atoms with van der Waals surface area (Å²) in [5, 5.41) is 8.37. The van der Waals surface area contributed by atoms with Crippen LogP contribution in [0.1, 0.15) is 51.2 Å². The van der Waals surface area contributed by atoms with Crippen LogP contribution in [0.15, 0.2) is 0 Å². The first-order valence-corrected chi connectivity index (χ1v) is 6.73. The van der Waals surface area contributed by atoms with Crippen LogP contribution < -0.4 is 0 Å². The van der Waals surface area contributed by atoms with E-state index in [0.29, 0.717) is 6.61 Å². The molecule has 1 aromatic rings. The molecule has 1 aliphatic carbocycles. The quantitative estimate of drug-likeness (QED) is 0.751. The molecule has 0 aliphatic heterocycles. The van der Waals surface area contributed by atoms with Crippen molar-refractivity contribution >= 4 is 5.97 Å². The van der Waals surface area contributed by atoms with Gasteiger partial charge in [-0.2, -0.15) is 0 Å². The van der Waals surface area contributed by atoms with Crippen molar-refractivity contribution in [1.29, 1.82) is 0 Å². The lowest BCUT2D eigenvalue weighted by Gasteiger charge is -2.38. The molecular weight excluding hydrogens is 230 g/mol. The zero-order valence-electron chi connectivity index (χ0n) is 11.4. The highest BCUT2D eigenvalue weighted by atomic mass is 16.5. The van der Waals surface area contributed by atoms with Gasteiger partial charge in [-0.3, -0.25) is 4.79 Å². The second-order valence-corrected chi connectivity index (χ2v) is 4.88. The Morgan fingerprint density at radius 1 is 1.39 bits per heavy atom. The molecule has 0 N–H and O–H groups in total. The largest absolute Gasteiger partial charge is 0.465 e. The fraction of sp³-hybridized carbons (Fsp3) is 0.769. The van der Waals surface area contributed by atoms with Crippen LogP contribution in [0.25, 0.3) is 0 Å². The van der Waals surface area contributed by atoms with Gasteiger partial charge in [0.1, 0.15) is 11.2 Å². The number of aryl methyl sites for hydroxylation is 1. The maximum atomic E-state index is 12.2. The van der Waals surface area contributed by atoms with E-state index in [9.17, 15) is 4.79 Å². The lowest BCUT2D eigenvalue weighted by molar-refractivity contribution is -0.154. The zero-order chi connectivity index (χ0) is 13.2. The van der Waals surface area contributed by atoms with Crippen molar-refractivity contribution in [1.82, 2.24) is 14.8 Å². The third-order valence-electron chi connectivity index (χ3n) is 3.68. The Hall–Kier alpha value is -1.39. The Morgan fingerprint density at radius 2 is 2.11 bits per heavy atom. The van der Waals surface area contributed by atoms with Gasteiger partial charge >= 0.3 is 5.97 Å². The van der Waals surface area contributed by atoms with Crippen LogP contribution in [0, 0.1) is 6.92 Å². The van der Waals surface area contributed by atoms with E-state index in [-0.39, 0.29) is 5.97 Å². The second kappa shape index (κ2) is 5.08. The van der Waals surface area contributed by atoms with Gasteiger partial charge in [-0.25, -0.2) is 0 Å². The average molecular weight is 251 g/mol. The highest BCUT2D eigenvalue weighted by molar-refractivity contribution is 5.83. The van der Waals surface area contributed by atoms with E-state index in [1.54, 1.807) is 0 Å². The summed E-state index contributed by atoms with van der Waals surface area (Å²) in [6.45, 7) is 7.16. The van der Waals surface area contributed by atoms with Crippen LogP contribution in [0.2, 0.25) is 0 Å². The molecule has 0 spiro atoms. The number of hydrogen-bond acceptors (Lipinski definition) is 4. The number of carbonyl (C=O) groups excluding carboxylic acids is 1. The van der Waals surface area contributed by atoms with Crippen molar-refractivity contribution in [2.45, 2.75) is 58.4 Å². The van der Waals surface area contributed by atoms with Gasteiger partial charge in [0.05, 0.1) is 6.61 Å². The molecule has 1 saturated carbocycles. The Labute approximate surface area is 108 Å². The number of nitrogens with zero attached hydrogens (tertiary/aromatic N) is 3. The fourth-order valence-electron chi connectivity index (χ4n) is 2.54. The molecule has 0 atom stereocenters. The predicted octanol–water partition coefficient (Wildman–Crippen LogP) is 1.98. The smallest absolute Gasteiger partial charge is 0.319 e. The molecule has 1 aromatic heterocycles. The minimum Gasteiger partial charge on any atom is -0.465 e. The number of hydrogen-bond donors (Lipinski definition) is 0. The maximum Gasteiger partial charge on any atom is 0.319 e. The number of ether oxygens (including phenoxy) is 1. The first kappa shape index (κ1) is 13.1. The molecule has 0 amide bonds. The minimum absolute atomic E-state index is 0.138. The summed E-state index contributed by atoms with van der Waals surface area (Å²) >= 11 is 0. The van der Waals surface area contributed by atoms with Crippen LogP contribution >= 0.6 is 0 Å². The molecule has 1 aliphatic rings. The summed E-state index contributed by atoms with van der Waals surface area (Å²) in [4.78, 5) is 12.2. The van der Waals surface area contributed by atoms with Crippen LogP contribution in [0.3, 0.4) is 0 Å². The van der Waals surface area contributed by atoms with Crippen LogP contribution in [0.5, 0.6) is 0 Å². The molecule has 1 fully saturated rings. The van der Waals surface area contributed by atoms with E-state index in [2.05, 4.69) is 21.7 Å². The Bertz CT molecular complexity index is 435. The molecule has 1 heterocycles. The summed E-state index contributed by atoms with van der Waals surface area (Å²) in [6, 6.07) is 0. The minimum atomic E-state index is -0.535. The molecule has 0 radical (unpaired) electrons. The van der Waals surface area contributed by atoms with E-state index in [0.717, 1.165) is 43.9 Å². The number of carbonyl (C=O) groups is 1. The van der Waals surface area contributed by atoms with E-state index in [1.165, 1.54) is 0 Å². The van der Waals surface area contributed by atoms with E-state index in [4.69, 9.17) is 4.74 Å². The first-order valence-electron chi connectivity index (χ1n) is 6.73. The fourth-order valence-corrected chi connectivity index (χ4v) is 2.54. The summed E-state index contributed by atoms with van der Waals surface area (Å²) in [7, 11) is 0. The summed E-state index contributed by atoms with van der Waals surface area (Å²) < 4.78 is 7.29. The van der Waals surface area contributed by atoms with Gasteiger partial charge in [0.2, 0.25) is 0 Å². The van der Waals surface area contributed by atoms with Gasteiger partial charge in [0.25, 0.3) is 0 Å². The van der Waals surface area contributed by atoms with Gasteiger partial charge in [-0.05, 0) is 33.1 Å². The first-order chi connectivity index (χ1) is 8.65. The van der Waals surface area contributed by atoms with Gasteiger partial charge in [-0.1, -0.05) is 13.3 Å². The monoisotopic (exact) mass is 251 g/mol. The molecular formula is C13H21N3O2. The second-order valence-electron chi connectivity index (χ2n) is 4.88. The number of aromatic nitrogens is 3. The highest BCUT2D eigenvalue weighted by Gasteiger charge is 2.51. The van der Waals surface area contributed by atoms with Crippen molar-refractivity contribution < 1.29 is 9.53 Å². The van der Waals surface area contributed by atoms with Crippen LogP contribution in [0.4, 0.5) is 0 Å². The lowest BCUT2D eigenvalue weighted by atomic mass is 9.68. The van der Waals surface area contributed by atoms with Gasteiger partial charge < -0.3 is 9.30 Å². The third kappa shape index (κ3) is 1.91. The highest BCUT2D eigenvalue weighted by Crippen LogP contribution is 2.44. The van der Waals surface area contributed by atoms with Gasteiger partial charge in [0, 0.05) is 6.54 Å². The molecule has 0 unspecified atom stereocenters. The predicted molar refractivity (Wildman–Crippen MR) is 67.2 cm³/mol. The van der Waals surface area contributed by atoms with Crippen molar-refractivity contribution in [3.05, 3.63) is 11.6 Å². The SMILES string of the molecule is CCCn1c(C)nnc1C1(C(=O)OCC)CCC1. The van der Waals surface area contributed by atoms with Crippen LogP contribution in [-0.4, -0.2) is 27.3 Å². The average Bonchev–Trinajstić information content (AvgIpc) is 2.62. The van der Waals surface area contributed by atoms with Gasteiger partial charge in [0.15, 0.2) is 5.82 Å². The zero-order valence-corrected chi connectivity index (χ0v) is 11.4. The Balaban J connectivity index is 2.35. The molecule has 5 nitrogen and oxygen atoms in total. The van der Waals surface area contributed by atoms with Gasteiger partial charge in [-0.15, -0.1) is 10.2 Å². The topological polar surface area (TPSA) is 57.0 Å². The van der Waals surface area contributed by atoms with Crippen molar-refractivity contribution in [3.8, 4) is 0 Å². The summed E-state index contributed by atoms with van der Waals surface area (Å²) in [5.41, 5.74) is -0.535. The molecule has 18 heavy (non-hydrogen) atoms. The standard InChI is InChI=1S/C13H21N3O2/c1-4-9-16-10(3)14-15-11(16)13(7-6-8-13)12(17)18-5-2/h4-9H2,1-3H3. The molecule has 100 valence electrons. The molecule has 5 heteroatoms. The number of rotatable bonds is 5. The molecule has 2 rings (SSSR count). The van der Waals surface area contributed by atoms with Crippen LogP contribution in [-0.2, 0) is 21.5 Å². The van der Waals surface area contributed by atoms with Crippen molar-refractivity contribution in [3.63, 3.8) is 0 Å². The summed E-state index contributed by atoms with van der Waals surface area (Å²) in [5.74, 6) is 1.54. The Kier molecular flexibility index (Phi) is 3.68.